The summed E-state index contributed by atoms with van der Waals surface area (Å²) >= 11 is 0. The minimum Gasteiger partial charge on any atom is -0.381 e. The van der Waals surface area contributed by atoms with Gasteiger partial charge >= 0.3 is 0 Å². The summed E-state index contributed by atoms with van der Waals surface area (Å²) < 4.78 is 11.7. The first-order valence-corrected chi connectivity index (χ1v) is 8.04. The SMILES string of the molecule is CNC(c1cc(C)ccn1)C1CCOC2(CCOCC2)C1. The zero-order valence-electron chi connectivity index (χ0n) is 13.1. The van der Waals surface area contributed by atoms with Gasteiger partial charge in [0.25, 0.3) is 0 Å². The van der Waals surface area contributed by atoms with Crippen molar-refractivity contribution in [2.45, 2.75) is 44.2 Å². The van der Waals surface area contributed by atoms with Gasteiger partial charge in [-0.15, -0.1) is 0 Å². The molecule has 0 radical (unpaired) electrons. The van der Waals surface area contributed by atoms with Crippen molar-refractivity contribution >= 4 is 0 Å². The highest BCUT2D eigenvalue weighted by Gasteiger charge is 2.41. The fourth-order valence-corrected chi connectivity index (χ4v) is 3.80. The molecule has 2 aliphatic rings. The number of pyridine rings is 1. The van der Waals surface area contributed by atoms with E-state index < -0.39 is 0 Å². The van der Waals surface area contributed by atoms with Crippen molar-refractivity contribution in [3.05, 3.63) is 29.6 Å². The van der Waals surface area contributed by atoms with Crippen LogP contribution in [-0.2, 0) is 9.47 Å². The second-order valence-electron chi connectivity index (χ2n) is 6.42. The fraction of sp³-hybridized carbons (Fsp3) is 0.706. The Kier molecular flexibility index (Phi) is 4.57. The highest BCUT2D eigenvalue weighted by molar-refractivity contribution is 5.18. The van der Waals surface area contributed by atoms with Gasteiger partial charge in [0, 0.05) is 26.0 Å². The number of ether oxygens (including phenoxy) is 2. The second-order valence-corrected chi connectivity index (χ2v) is 6.42. The molecule has 0 bridgehead atoms. The van der Waals surface area contributed by atoms with Crippen LogP contribution < -0.4 is 5.32 Å². The molecule has 2 unspecified atom stereocenters. The molecule has 0 aliphatic carbocycles. The quantitative estimate of drug-likeness (QED) is 0.929. The van der Waals surface area contributed by atoms with Crippen LogP contribution in [0.15, 0.2) is 18.3 Å². The Morgan fingerprint density at radius 2 is 2.14 bits per heavy atom. The smallest absolute Gasteiger partial charge is 0.0729 e. The normalized spacial score (nSPS) is 26.7. The molecule has 3 heterocycles. The fourth-order valence-electron chi connectivity index (χ4n) is 3.80. The van der Waals surface area contributed by atoms with Gasteiger partial charge in [-0.3, -0.25) is 4.98 Å². The van der Waals surface area contributed by atoms with Gasteiger partial charge in [0.15, 0.2) is 0 Å². The maximum absolute atomic E-state index is 6.16. The molecule has 1 aromatic rings. The summed E-state index contributed by atoms with van der Waals surface area (Å²) in [5.74, 6) is 0.580. The van der Waals surface area contributed by atoms with Crippen LogP contribution in [0.2, 0.25) is 0 Å². The van der Waals surface area contributed by atoms with Crippen LogP contribution in [0.1, 0.15) is 43.0 Å². The van der Waals surface area contributed by atoms with Crippen molar-refractivity contribution < 1.29 is 9.47 Å². The molecular formula is C17H26N2O2. The molecule has 0 saturated carbocycles. The predicted molar refractivity (Wildman–Crippen MR) is 82.2 cm³/mol. The first-order chi connectivity index (χ1) is 10.2. The summed E-state index contributed by atoms with van der Waals surface area (Å²) in [6.45, 7) is 4.65. The van der Waals surface area contributed by atoms with Crippen LogP contribution in [-0.4, -0.2) is 37.5 Å². The van der Waals surface area contributed by atoms with E-state index in [1.807, 2.05) is 13.2 Å². The van der Waals surface area contributed by atoms with E-state index >= 15 is 0 Å². The third-order valence-electron chi connectivity index (χ3n) is 4.97. The van der Waals surface area contributed by atoms with Gasteiger partial charge in [-0.05, 0) is 63.3 Å². The van der Waals surface area contributed by atoms with E-state index in [4.69, 9.17) is 9.47 Å². The zero-order valence-corrected chi connectivity index (χ0v) is 13.1. The van der Waals surface area contributed by atoms with Crippen molar-refractivity contribution in [1.29, 1.82) is 0 Å². The number of nitrogens with one attached hydrogen (secondary N) is 1. The predicted octanol–water partition coefficient (Wildman–Crippen LogP) is 2.63. The Morgan fingerprint density at radius 3 is 2.86 bits per heavy atom. The lowest BCUT2D eigenvalue weighted by molar-refractivity contribution is -0.150. The van der Waals surface area contributed by atoms with Crippen LogP contribution >= 0.6 is 0 Å². The van der Waals surface area contributed by atoms with Gasteiger partial charge in [-0.25, -0.2) is 0 Å². The Balaban J connectivity index is 1.77. The Hall–Kier alpha value is -0.970. The monoisotopic (exact) mass is 290 g/mol. The van der Waals surface area contributed by atoms with Crippen molar-refractivity contribution in [3.63, 3.8) is 0 Å². The van der Waals surface area contributed by atoms with E-state index in [1.54, 1.807) is 0 Å². The van der Waals surface area contributed by atoms with E-state index in [1.165, 1.54) is 5.56 Å². The lowest BCUT2D eigenvalue weighted by Crippen LogP contribution is -2.46. The van der Waals surface area contributed by atoms with E-state index in [9.17, 15) is 0 Å². The Bertz CT molecular complexity index is 466. The highest BCUT2D eigenvalue weighted by Crippen LogP contribution is 2.41. The number of nitrogens with zero attached hydrogens (tertiary/aromatic N) is 1. The summed E-state index contributed by atoms with van der Waals surface area (Å²) in [7, 11) is 2.04. The Labute approximate surface area is 127 Å². The van der Waals surface area contributed by atoms with E-state index in [2.05, 4.69) is 29.4 Å². The summed E-state index contributed by atoms with van der Waals surface area (Å²) in [6.07, 6.45) is 6.18. The molecule has 3 rings (SSSR count). The molecule has 0 amide bonds. The third kappa shape index (κ3) is 3.28. The van der Waals surface area contributed by atoms with Crippen LogP contribution in [0.3, 0.4) is 0 Å². The maximum atomic E-state index is 6.16. The molecule has 1 spiro atoms. The van der Waals surface area contributed by atoms with Crippen LogP contribution in [0.5, 0.6) is 0 Å². The third-order valence-corrected chi connectivity index (χ3v) is 4.97. The molecular weight excluding hydrogens is 264 g/mol. The van der Waals surface area contributed by atoms with Gasteiger partial charge in [-0.2, -0.15) is 0 Å². The highest BCUT2D eigenvalue weighted by atomic mass is 16.5. The van der Waals surface area contributed by atoms with Gasteiger partial charge < -0.3 is 14.8 Å². The number of rotatable bonds is 3. The average Bonchev–Trinajstić information content (AvgIpc) is 2.49. The van der Waals surface area contributed by atoms with Crippen molar-refractivity contribution in [3.8, 4) is 0 Å². The summed E-state index contributed by atoms with van der Waals surface area (Å²) in [6, 6.07) is 4.57. The molecule has 2 atom stereocenters. The minimum atomic E-state index is 0.0418. The van der Waals surface area contributed by atoms with E-state index in [0.717, 1.165) is 51.2 Å². The van der Waals surface area contributed by atoms with E-state index in [0.29, 0.717) is 12.0 Å². The number of hydrogen-bond donors (Lipinski definition) is 1. The van der Waals surface area contributed by atoms with Crippen molar-refractivity contribution in [2.24, 2.45) is 5.92 Å². The van der Waals surface area contributed by atoms with Gasteiger partial charge in [0.2, 0.25) is 0 Å². The van der Waals surface area contributed by atoms with Crippen LogP contribution in [0.25, 0.3) is 0 Å². The van der Waals surface area contributed by atoms with Gasteiger partial charge in [-0.1, -0.05) is 0 Å². The lowest BCUT2D eigenvalue weighted by atomic mass is 9.77. The molecule has 4 nitrogen and oxygen atoms in total. The molecule has 0 aromatic carbocycles. The Morgan fingerprint density at radius 1 is 1.33 bits per heavy atom. The average molecular weight is 290 g/mol. The number of hydrogen-bond acceptors (Lipinski definition) is 4. The first-order valence-electron chi connectivity index (χ1n) is 8.04. The number of aromatic nitrogens is 1. The van der Waals surface area contributed by atoms with Crippen molar-refractivity contribution in [2.75, 3.05) is 26.9 Å². The molecule has 4 heteroatoms. The summed E-state index contributed by atoms with van der Waals surface area (Å²) in [5, 5.41) is 3.49. The first kappa shape index (κ1) is 14.9. The standard InChI is InChI=1S/C17H26N2O2/c1-13-3-7-19-15(11-13)16(18-2)14-4-8-21-17(12-14)5-9-20-10-6-17/h3,7,11,14,16,18H,4-6,8-10,12H2,1-2H3. The van der Waals surface area contributed by atoms with Gasteiger partial charge in [0.05, 0.1) is 17.3 Å². The second kappa shape index (κ2) is 6.42. The minimum absolute atomic E-state index is 0.0418. The van der Waals surface area contributed by atoms with E-state index in [-0.39, 0.29) is 5.60 Å². The molecule has 1 N–H and O–H groups in total. The van der Waals surface area contributed by atoms with Gasteiger partial charge in [0.1, 0.15) is 0 Å². The maximum Gasteiger partial charge on any atom is 0.0729 e. The molecule has 116 valence electrons. The summed E-state index contributed by atoms with van der Waals surface area (Å²) in [5.41, 5.74) is 2.47. The number of aryl methyl sites for hydroxylation is 1. The topological polar surface area (TPSA) is 43.4 Å². The largest absolute Gasteiger partial charge is 0.381 e. The van der Waals surface area contributed by atoms with Crippen molar-refractivity contribution in [1.82, 2.24) is 10.3 Å². The zero-order chi connectivity index (χ0) is 14.7. The molecule has 2 aliphatic heterocycles. The van der Waals surface area contributed by atoms with Crippen LogP contribution in [0.4, 0.5) is 0 Å². The molecule has 2 fully saturated rings. The summed E-state index contributed by atoms with van der Waals surface area (Å²) in [4.78, 5) is 4.59. The lowest BCUT2D eigenvalue weighted by Gasteiger charge is -2.45. The molecule has 2 saturated heterocycles. The molecule has 21 heavy (non-hydrogen) atoms. The van der Waals surface area contributed by atoms with Crippen LogP contribution in [0, 0.1) is 12.8 Å². The molecule has 1 aromatic heterocycles.